The predicted molar refractivity (Wildman–Crippen MR) is 71.5 cm³/mol. The molecule has 90 valence electrons. The van der Waals surface area contributed by atoms with Crippen LogP contribution in [0.1, 0.15) is 25.8 Å². The molecule has 1 aromatic rings. The second-order valence-corrected chi connectivity index (χ2v) is 5.77. The van der Waals surface area contributed by atoms with E-state index in [-0.39, 0.29) is 5.82 Å². The van der Waals surface area contributed by atoms with E-state index >= 15 is 0 Å². The maximum absolute atomic E-state index is 13.1. The molecule has 16 heavy (non-hydrogen) atoms. The van der Waals surface area contributed by atoms with Crippen LogP contribution in [0.5, 0.6) is 0 Å². The van der Waals surface area contributed by atoms with Gasteiger partial charge in [0.2, 0.25) is 0 Å². The van der Waals surface area contributed by atoms with Gasteiger partial charge in [0.25, 0.3) is 0 Å². The summed E-state index contributed by atoms with van der Waals surface area (Å²) in [6.45, 7) is 4.39. The molecular weight excluding hydrogens is 290 g/mol. The van der Waals surface area contributed by atoms with Gasteiger partial charge in [-0.25, -0.2) is 4.39 Å². The molecule has 0 aliphatic rings. The first-order valence-corrected chi connectivity index (χ1v) is 6.85. The molecule has 1 rings (SSSR count). The quantitative estimate of drug-likeness (QED) is 0.669. The molecule has 1 aromatic carbocycles. The molecule has 0 N–H and O–H groups in total. The fraction of sp³-hybridized carbons (Fsp3) is 0.538. The summed E-state index contributed by atoms with van der Waals surface area (Å²) >= 11 is 9.15. The third kappa shape index (κ3) is 4.42. The number of hydrogen-bond donors (Lipinski definition) is 0. The van der Waals surface area contributed by atoms with Gasteiger partial charge >= 0.3 is 0 Å². The van der Waals surface area contributed by atoms with Gasteiger partial charge < -0.3 is 0 Å². The zero-order chi connectivity index (χ0) is 12.1. The van der Waals surface area contributed by atoms with Gasteiger partial charge in [0.15, 0.2) is 0 Å². The Morgan fingerprint density at radius 2 is 2.06 bits per heavy atom. The molecule has 0 amide bonds. The van der Waals surface area contributed by atoms with Crippen LogP contribution in [-0.4, -0.2) is 5.88 Å². The highest BCUT2D eigenvalue weighted by molar-refractivity contribution is 9.10. The summed E-state index contributed by atoms with van der Waals surface area (Å²) < 4.78 is 13.6. The van der Waals surface area contributed by atoms with Crippen molar-refractivity contribution in [1.29, 1.82) is 0 Å². The van der Waals surface area contributed by atoms with Gasteiger partial charge in [-0.05, 0) is 58.3 Å². The van der Waals surface area contributed by atoms with Crippen LogP contribution in [0.25, 0.3) is 0 Å². The van der Waals surface area contributed by atoms with Crippen molar-refractivity contribution in [3.63, 3.8) is 0 Å². The molecule has 1 atom stereocenters. The number of rotatable bonds is 5. The van der Waals surface area contributed by atoms with Crippen LogP contribution in [0.2, 0.25) is 0 Å². The average Bonchev–Trinajstić information content (AvgIpc) is 2.22. The summed E-state index contributed by atoms with van der Waals surface area (Å²) in [6, 6.07) is 5.18. The molecule has 0 heterocycles. The topological polar surface area (TPSA) is 0 Å². The minimum absolute atomic E-state index is 0.213. The molecule has 0 bridgehead atoms. The summed E-state index contributed by atoms with van der Waals surface area (Å²) in [7, 11) is 0. The molecule has 0 saturated carbocycles. The van der Waals surface area contributed by atoms with E-state index in [9.17, 15) is 4.39 Å². The Hall–Kier alpha value is -0.0800. The van der Waals surface area contributed by atoms with E-state index in [4.69, 9.17) is 11.6 Å². The predicted octanol–water partition coefficient (Wildman–Crippen LogP) is 5.03. The summed E-state index contributed by atoms with van der Waals surface area (Å²) in [6.07, 6.45) is 2.03. The third-order valence-electron chi connectivity index (χ3n) is 2.53. The summed E-state index contributed by atoms with van der Waals surface area (Å²) in [5.74, 6) is 1.56. The van der Waals surface area contributed by atoms with Crippen molar-refractivity contribution in [2.75, 3.05) is 5.88 Å². The highest BCUT2D eigenvalue weighted by Gasteiger charge is 2.11. The van der Waals surface area contributed by atoms with E-state index in [0.717, 1.165) is 18.4 Å². The van der Waals surface area contributed by atoms with Crippen molar-refractivity contribution in [3.8, 4) is 0 Å². The van der Waals surface area contributed by atoms with Crippen LogP contribution in [-0.2, 0) is 6.42 Å². The SMILES string of the molecule is CC(C)CC(CCl)Cc1ccc(F)c(Br)c1. The van der Waals surface area contributed by atoms with E-state index in [1.807, 2.05) is 12.1 Å². The summed E-state index contributed by atoms with van der Waals surface area (Å²) in [4.78, 5) is 0. The lowest BCUT2D eigenvalue weighted by Crippen LogP contribution is -2.09. The Labute approximate surface area is 110 Å². The van der Waals surface area contributed by atoms with Gasteiger partial charge in [-0.1, -0.05) is 19.9 Å². The number of benzene rings is 1. The smallest absolute Gasteiger partial charge is 0.137 e. The normalized spacial score (nSPS) is 13.1. The van der Waals surface area contributed by atoms with E-state index in [2.05, 4.69) is 29.8 Å². The van der Waals surface area contributed by atoms with E-state index in [0.29, 0.717) is 22.2 Å². The molecule has 0 aliphatic heterocycles. The Morgan fingerprint density at radius 3 is 2.56 bits per heavy atom. The van der Waals surface area contributed by atoms with Crippen molar-refractivity contribution < 1.29 is 4.39 Å². The molecular formula is C13H17BrClF. The monoisotopic (exact) mass is 306 g/mol. The van der Waals surface area contributed by atoms with Gasteiger partial charge in [0.05, 0.1) is 4.47 Å². The number of alkyl halides is 1. The largest absolute Gasteiger partial charge is 0.206 e. The van der Waals surface area contributed by atoms with Gasteiger partial charge in [-0.3, -0.25) is 0 Å². The maximum atomic E-state index is 13.1. The lowest BCUT2D eigenvalue weighted by atomic mass is 9.92. The van der Waals surface area contributed by atoms with Crippen molar-refractivity contribution in [2.24, 2.45) is 11.8 Å². The Balaban J connectivity index is 2.66. The first-order chi connectivity index (χ1) is 7.52. The van der Waals surface area contributed by atoms with Crippen LogP contribution in [0.15, 0.2) is 22.7 Å². The molecule has 1 unspecified atom stereocenters. The summed E-state index contributed by atoms with van der Waals surface area (Å²) in [5.41, 5.74) is 1.14. The van der Waals surface area contributed by atoms with Gasteiger partial charge in [0, 0.05) is 5.88 Å². The van der Waals surface area contributed by atoms with Crippen LogP contribution < -0.4 is 0 Å². The number of halogens is 3. The highest BCUT2D eigenvalue weighted by Crippen LogP contribution is 2.22. The molecule has 0 saturated heterocycles. The Bertz CT molecular complexity index is 339. The first-order valence-electron chi connectivity index (χ1n) is 5.52. The fourth-order valence-electron chi connectivity index (χ4n) is 1.87. The van der Waals surface area contributed by atoms with E-state index in [1.165, 1.54) is 6.07 Å². The highest BCUT2D eigenvalue weighted by atomic mass is 79.9. The molecule has 0 spiro atoms. The minimum atomic E-state index is -0.213. The standard InChI is InChI=1S/C13H17BrClF/c1-9(2)5-11(8-15)6-10-3-4-13(16)12(14)7-10/h3-4,7,9,11H,5-6,8H2,1-2H3. The van der Waals surface area contributed by atoms with Crippen molar-refractivity contribution in [2.45, 2.75) is 26.7 Å². The second kappa shape index (κ2) is 6.61. The van der Waals surface area contributed by atoms with Crippen molar-refractivity contribution in [1.82, 2.24) is 0 Å². The molecule has 0 fully saturated rings. The lowest BCUT2D eigenvalue weighted by Gasteiger charge is -2.16. The zero-order valence-corrected chi connectivity index (χ0v) is 12.0. The summed E-state index contributed by atoms with van der Waals surface area (Å²) in [5, 5.41) is 0. The average molecular weight is 308 g/mol. The molecule has 0 aromatic heterocycles. The Kier molecular flexibility index (Phi) is 5.77. The molecule has 3 heteroatoms. The van der Waals surface area contributed by atoms with Crippen LogP contribution in [0.4, 0.5) is 4.39 Å². The van der Waals surface area contributed by atoms with Crippen molar-refractivity contribution in [3.05, 3.63) is 34.1 Å². The molecule has 0 aliphatic carbocycles. The molecule has 0 radical (unpaired) electrons. The third-order valence-corrected chi connectivity index (χ3v) is 3.58. The minimum Gasteiger partial charge on any atom is -0.206 e. The van der Waals surface area contributed by atoms with Gasteiger partial charge in [-0.15, -0.1) is 11.6 Å². The fourth-order valence-corrected chi connectivity index (χ4v) is 2.53. The Morgan fingerprint density at radius 1 is 1.38 bits per heavy atom. The lowest BCUT2D eigenvalue weighted by molar-refractivity contribution is 0.441. The van der Waals surface area contributed by atoms with Crippen molar-refractivity contribution >= 4 is 27.5 Å². The number of hydrogen-bond acceptors (Lipinski definition) is 0. The van der Waals surface area contributed by atoms with E-state index in [1.54, 1.807) is 0 Å². The maximum Gasteiger partial charge on any atom is 0.137 e. The van der Waals surface area contributed by atoms with E-state index < -0.39 is 0 Å². The van der Waals surface area contributed by atoms with Gasteiger partial charge in [0.1, 0.15) is 5.82 Å². The van der Waals surface area contributed by atoms with Crippen LogP contribution in [0.3, 0.4) is 0 Å². The molecule has 0 nitrogen and oxygen atoms in total. The zero-order valence-electron chi connectivity index (χ0n) is 9.64. The second-order valence-electron chi connectivity index (χ2n) is 4.60. The van der Waals surface area contributed by atoms with Gasteiger partial charge in [-0.2, -0.15) is 0 Å². The van der Waals surface area contributed by atoms with Crippen LogP contribution in [0, 0.1) is 17.7 Å². The van der Waals surface area contributed by atoms with Crippen LogP contribution >= 0.6 is 27.5 Å². The first kappa shape index (κ1) is 14.0.